The maximum Gasteiger partial charge on any atom is 0.326 e. The first kappa shape index (κ1) is 19.5. The Morgan fingerprint density at radius 1 is 1.21 bits per heavy atom. The van der Waals surface area contributed by atoms with E-state index in [1.54, 1.807) is 24.3 Å². The topological polar surface area (TPSA) is 105 Å². The number of amides is 2. The fourth-order valence-corrected chi connectivity index (χ4v) is 2.10. The molecule has 1 aromatic rings. The molecule has 0 aromatic heterocycles. The minimum atomic E-state index is -1.08. The van der Waals surface area contributed by atoms with Crippen molar-refractivity contribution in [1.29, 1.82) is 0 Å². The lowest BCUT2D eigenvalue weighted by Gasteiger charge is -2.15. The number of carbonyl (C=O) groups is 3. The van der Waals surface area contributed by atoms with Crippen molar-refractivity contribution in [2.75, 3.05) is 13.2 Å². The van der Waals surface area contributed by atoms with Crippen molar-refractivity contribution in [3.8, 4) is 5.75 Å². The normalized spacial score (nSPS) is 11.4. The van der Waals surface area contributed by atoms with Crippen LogP contribution in [0.5, 0.6) is 5.75 Å². The summed E-state index contributed by atoms with van der Waals surface area (Å²) in [5.74, 6) is -1.63. The van der Waals surface area contributed by atoms with Crippen molar-refractivity contribution in [3.63, 3.8) is 0 Å². The molecule has 7 nitrogen and oxygen atoms in total. The van der Waals surface area contributed by atoms with E-state index in [1.807, 2.05) is 13.8 Å². The van der Waals surface area contributed by atoms with Gasteiger partial charge in [0.1, 0.15) is 11.8 Å². The Morgan fingerprint density at radius 2 is 1.92 bits per heavy atom. The van der Waals surface area contributed by atoms with E-state index in [9.17, 15) is 14.4 Å². The highest BCUT2D eigenvalue weighted by atomic mass is 16.5. The molecule has 0 aliphatic heterocycles. The number of para-hydroxylation sites is 1. The Bertz CT molecular complexity index is 574. The Kier molecular flexibility index (Phi) is 8.32. The molecule has 3 N–H and O–H groups in total. The highest BCUT2D eigenvalue weighted by molar-refractivity contribution is 5.99. The Hall–Kier alpha value is -2.57. The number of ether oxygens (including phenoxy) is 1. The molecule has 0 bridgehead atoms. The zero-order valence-electron chi connectivity index (χ0n) is 14.0. The van der Waals surface area contributed by atoms with Crippen LogP contribution in [0.2, 0.25) is 0 Å². The predicted molar refractivity (Wildman–Crippen MR) is 89.0 cm³/mol. The number of nitrogens with one attached hydrogen (secondary N) is 2. The molecule has 24 heavy (non-hydrogen) atoms. The summed E-state index contributed by atoms with van der Waals surface area (Å²) in [4.78, 5) is 35.1. The number of benzene rings is 1. The highest BCUT2D eigenvalue weighted by Gasteiger charge is 2.20. The summed E-state index contributed by atoms with van der Waals surface area (Å²) in [6.45, 7) is 3.87. The van der Waals surface area contributed by atoms with Gasteiger partial charge < -0.3 is 20.5 Å². The van der Waals surface area contributed by atoms with Crippen LogP contribution in [0, 0.1) is 0 Å². The van der Waals surface area contributed by atoms with Gasteiger partial charge in [0.05, 0.1) is 18.7 Å². The molecule has 0 radical (unpaired) electrons. The van der Waals surface area contributed by atoms with E-state index in [4.69, 9.17) is 9.84 Å². The molecule has 0 fully saturated rings. The zero-order valence-corrected chi connectivity index (χ0v) is 14.0. The van der Waals surface area contributed by atoms with Gasteiger partial charge in [0.25, 0.3) is 5.91 Å². The third-order valence-corrected chi connectivity index (χ3v) is 3.32. The van der Waals surface area contributed by atoms with Crippen molar-refractivity contribution in [1.82, 2.24) is 10.6 Å². The third-order valence-electron chi connectivity index (χ3n) is 3.32. The average molecular weight is 336 g/mol. The van der Waals surface area contributed by atoms with Gasteiger partial charge in [0, 0.05) is 0 Å². The van der Waals surface area contributed by atoms with Crippen LogP contribution in [0.4, 0.5) is 0 Å². The average Bonchev–Trinajstić information content (AvgIpc) is 2.57. The van der Waals surface area contributed by atoms with E-state index >= 15 is 0 Å². The Morgan fingerprint density at radius 3 is 2.54 bits per heavy atom. The van der Waals surface area contributed by atoms with Crippen LogP contribution < -0.4 is 15.4 Å². The molecule has 7 heteroatoms. The van der Waals surface area contributed by atoms with Gasteiger partial charge in [-0.25, -0.2) is 4.79 Å². The Labute approximate surface area is 141 Å². The number of unbranched alkanes of at least 4 members (excludes halogenated alkanes) is 1. The van der Waals surface area contributed by atoms with Crippen molar-refractivity contribution in [3.05, 3.63) is 29.8 Å². The molecule has 132 valence electrons. The van der Waals surface area contributed by atoms with E-state index in [2.05, 4.69) is 10.6 Å². The number of hydrogen-bond acceptors (Lipinski definition) is 4. The van der Waals surface area contributed by atoms with Gasteiger partial charge in [-0.3, -0.25) is 9.59 Å². The molecule has 0 saturated heterocycles. The van der Waals surface area contributed by atoms with E-state index < -0.39 is 23.8 Å². The van der Waals surface area contributed by atoms with Gasteiger partial charge in [0.2, 0.25) is 5.91 Å². The lowest BCUT2D eigenvalue weighted by Crippen LogP contribution is -2.45. The summed E-state index contributed by atoms with van der Waals surface area (Å²) in [5.41, 5.74) is 0.327. The summed E-state index contributed by atoms with van der Waals surface area (Å²) >= 11 is 0. The largest absolute Gasteiger partial charge is 0.493 e. The molecule has 1 aromatic carbocycles. The molecule has 0 aliphatic carbocycles. The SMILES string of the molecule is CCCC[C@H](NC(=O)CNC(=O)c1ccccc1OCC)C(=O)O. The second kappa shape index (κ2) is 10.3. The molecule has 0 spiro atoms. The van der Waals surface area contributed by atoms with Crippen molar-refractivity contribution >= 4 is 17.8 Å². The lowest BCUT2D eigenvalue weighted by atomic mass is 10.1. The zero-order chi connectivity index (χ0) is 17.9. The van der Waals surface area contributed by atoms with Gasteiger partial charge in [-0.2, -0.15) is 0 Å². The van der Waals surface area contributed by atoms with E-state index in [-0.39, 0.29) is 6.54 Å². The lowest BCUT2D eigenvalue weighted by molar-refractivity contribution is -0.141. The fourth-order valence-electron chi connectivity index (χ4n) is 2.10. The summed E-state index contributed by atoms with van der Waals surface area (Å²) in [6.07, 6.45) is 1.90. The van der Waals surface area contributed by atoms with Crippen LogP contribution in [0.25, 0.3) is 0 Å². The second-order valence-electron chi connectivity index (χ2n) is 5.21. The van der Waals surface area contributed by atoms with Gasteiger partial charge in [-0.1, -0.05) is 31.9 Å². The molecule has 0 aliphatic rings. The number of rotatable bonds is 10. The van der Waals surface area contributed by atoms with Gasteiger partial charge in [-0.15, -0.1) is 0 Å². The standard InChI is InChI=1S/C17H24N2O5/c1-3-5-9-13(17(22)23)19-15(20)11-18-16(21)12-8-6-7-10-14(12)24-4-2/h6-8,10,13H,3-5,9,11H2,1-2H3,(H,18,21)(H,19,20)(H,22,23)/t13-/m0/s1. The number of aliphatic carboxylic acids is 1. The molecule has 0 unspecified atom stereocenters. The summed E-state index contributed by atoms with van der Waals surface area (Å²) in [6, 6.07) is 5.77. The first-order chi connectivity index (χ1) is 11.5. The number of hydrogen-bond donors (Lipinski definition) is 3. The smallest absolute Gasteiger partial charge is 0.326 e. The van der Waals surface area contributed by atoms with Crippen LogP contribution in [0.1, 0.15) is 43.5 Å². The molecule has 1 atom stereocenters. The van der Waals surface area contributed by atoms with Crippen LogP contribution in [-0.4, -0.2) is 42.1 Å². The van der Waals surface area contributed by atoms with E-state index in [0.29, 0.717) is 30.8 Å². The van der Waals surface area contributed by atoms with E-state index in [0.717, 1.165) is 6.42 Å². The maximum absolute atomic E-state index is 12.1. The van der Waals surface area contributed by atoms with Gasteiger partial charge in [0.15, 0.2) is 0 Å². The predicted octanol–water partition coefficient (Wildman–Crippen LogP) is 1.57. The van der Waals surface area contributed by atoms with E-state index in [1.165, 1.54) is 0 Å². The summed E-state index contributed by atoms with van der Waals surface area (Å²) < 4.78 is 5.37. The van der Waals surface area contributed by atoms with Crippen LogP contribution in [0.15, 0.2) is 24.3 Å². The molecular weight excluding hydrogens is 312 g/mol. The monoisotopic (exact) mass is 336 g/mol. The highest BCUT2D eigenvalue weighted by Crippen LogP contribution is 2.17. The number of carbonyl (C=O) groups excluding carboxylic acids is 2. The van der Waals surface area contributed by atoms with Crippen molar-refractivity contribution in [2.24, 2.45) is 0 Å². The number of carboxylic acid groups (broad SMARTS) is 1. The van der Waals surface area contributed by atoms with Crippen LogP contribution in [-0.2, 0) is 9.59 Å². The fraction of sp³-hybridized carbons (Fsp3) is 0.471. The van der Waals surface area contributed by atoms with Crippen molar-refractivity contribution < 1.29 is 24.2 Å². The molecule has 0 saturated carbocycles. The minimum absolute atomic E-state index is 0.296. The molecule has 0 heterocycles. The molecule has 2 amide bonds. The minimum Gasteiger partial charge on any atom is -0.493 e. The van der Waals surface area contributed by atoms with Crippen LogP contribution in [0.3, 0.4) is 0 Å². The van der Waals surface area contributed by atoms with Crippen molar-refractivity contribution in [2.45, 2.75) is 39.2 Å². The quantitative estimate of drug-likeness (QED) is 0.601. The third kappa shape index (κ3) is 6.28. The van der Waals surface area contributed by atoms with Gasteiger partial charge >= 0.3 is 5.97 Å². The second-order valence-corrected chi connectivity index (χ2v) is 5.21. The van der Waals surface area contributed by atoms with Gasteiger partial charge in [-0.05, 0) is 25.5 Å². The molecular formula is C17H24N2O5. The Balaban J connectivity index is 2.57. The first-order valence-electron chi connectivity index (χ1n) is 8.01. The molecule has 1 rings (SSSR count). The summed E-state index contributed by atoms with van der Waals surface area (Å²) in [7, 11) is 0. The first-order valence-corrected chi connectivity index (χ1v) is 8.01. The maximum atomic E-state index is 12.1. The number of carboxylic acids is 1. The van der Waals surface area contributed by atoms with Crippen LogP contribution >= 0.6 is 0 Å². The summed E-state index contributed by atoms with van der Waals surface area (Å²) in [5, 5.41) is 14.0.